The van der Waals surface area contributed by atoms with Crippen LogP contribution in [-0.2, 0) is 11.4 Å². The topological polar surface area (TPSA) is 71.3 Å². The van der Waals surface area contributed by atoms with Crippen LogP contribution in [0.2, 0.25) is 5.02 Å². The average Bonchev–Trinajstić information content (AvgIpc) is 2.83. The van der Waals surface area contributed by atoms with Crippen LogP contribution in [0.5, 0.6) is 11.5 Å². The molecule has 0 radical (unpaired) electrons. The minimum absolute atomic E-state index is 0.0378. The van der Waals surface area contributed by atoms with E-state index in [1.54, 1.807) is 12.1 Å². The second-order valence-corrected chi connectivity index (χ2v) is 7.99. The summed E-state index contributed by atoms with van der Waals surface area (Å²) in [4.78, 5) is 12.7. The van der Waals surface area contributed by atoms with Gasteiger partial charge in [-0.05, 0) is 48.7 Å². The van der Waals surface area contributed by atoms with Crippen molar-refractivity contribution in [2.24, 2.45) is 0 Å². The lowest BCUT2D eigenvalue weighted by Crippen LogP contribution is -2.27. The maximum Gasteiger partial charge on any atom is 0.262 e. The van der Waals surface area contributed by atoms with Gasteiger partial charge in [-0.2, -0.15) is 5.26 Å². The van der Waals surface area contributed by atoms with Crippen LogP contribution in [0.1, 0.15) is 35.2 Å². The van der Waals surface area contributed by atoms with Crippen molar-refractivity contribution in [2.75, 3.05) is 7.11 Å². The fourth-order valence-electron chi connectivity index (χ4n) is 3.22. The molecule has 0 aromatic heterocycles. The van der Waals surface area contributed by atoms with Gasteiger partial charge in [-0.1, -0.05) is 71.8 Å². The Kier molecular flexibility index (Phi) is 8.12. The predicted molar refractivity (Wildman–Crippen MR) is 130 cm³/mol. The molecule has 0 aliphatic heterocycles. The fourth-order valence-corrected chi connectivity index (χ4v) is 3.49. The molecule has 0 heterocycles. The molecule has 0 spiro atoms. The standard InChI is InChI=1S/C27H25ClN2O3/c1-18-9-11-20(12-10-18)17-33-26-24(28)14-21(15-25(26)32-3)13-23(16-29)27(31)30-19(2)22-7-5-4-6-8-22/h4-15,19H,17H2,1-3H3,(H,30,31)/b23-13-/t19-/m0/s1. The monoisotopic (exact) mass is 460 g/mol. The van der Waals surface area contributed by atoms with Crippen molar-refractivity contribution in [3.05, 3.63) is 99.6 Å². The Bertz CT molecular complexity index is 1180. The molecule has 0 aliphatic carbocycles. The van der Waals surface area contributed by atoms with Crippen LogP contribution in [0.3, 0.4) is 0 Å². The van der Waals surface area contributed by atoms with Gasteiger partial charge in [0.25, 0.3) is 5.91 Å². The molecule has 1 amide bonds. The van der Waals surface area contributed by atoms with E-state index < -0.39 is 5.91 Å². The van der Waals surface area contributed by atoms with Crippen molar-refractivity contribution in [1.82, 2.24) is 5.32 Å². The Morgan fingerprint density at radius 2 is 1.85 bits per heavy atom. The Hall–Kier alpha value is -3.75. The minimum Gasteiger partial charge on any atom is -0.493 e. The summed E-state index contributed by atoms with van der Waals surface area (Å²) in [6.45, 7) is 4.21. The second kappa shape index (κ2) is 11.2. The number of carbonyl (C=O) groups excluding carboxylic acids is 1. The van der Waals surface area contributed by atoms with Crippen molar-refractivity contribution < 1.29 is 14.3 Å². The first-order valence-electron chi connectivity index (χ1n) is 10.4. The number of carbonyl (C=O) groups is 1. The number of nitriles is 1. The first-order valence-corrected chi connectivity index (χ1v) is 10.8. The van der Waals surface area contributed by atoms with E-state index in [2.05, 4.69) is 5.32 Å². The summed E-state index contributed by atoms with van der Waals surface area (Å²) in [7, 11) is 1.51. The average molecular weight is 461 g/mol. The lowest BCUT2D eigenvalue weighted by molar-refractivity contribution is -0.117. The third-order valence-electron chi connectivity index (χ3n) is 5.08. The molecule has 0 saturated heterocycles. The number of nitrogens with zero attached hydrogens (tertiary/aromatic N) is 1. The molecule has 0 bridgehead atoms. The summed E-state index contributed by atoms with van der Waals surface area (Å²) in [6, 6.07) is 22.6. The lowest BCUT2D eigenvalue weighted by atomic mass is 10.1. The SMILES string of the molecule is COc1cc(/C=C(/C#N)C(=O)N[C@@H](C)c2ccccc2)cc(Cl)c1OCc1ccc(C)cc1. The minimum atomic E-state index is -0.469. The molecule has 1 atom stereocenters. The molecule has 6 heteroatoms. The number of amides is 1. The van der Waals surface area contributed by atoms with Crippen LogP contribution in [0, 0.1) is 18.3 Å². The first kappa shape index (κ1) is 23.9. The lowest BCUT2D eigenvalue weighted by Gasteiger charge is -2.15. The normalized spacial score (nSPS) is 11.9. The highest BCUT2D eigenvalue weighted by Crippen LogP contribution is 2.37. The molecule has 1 N–H and O–H groups in total. The number of halogens is 1. The highest BCUT2D eigenvalue weighted by molar-refractivity contribution is 6.32. The molecular formula is C27H25ClN2O3. The predicted octanol–water partition coefficient (Wildman–Crippen LogP) is 6.02. The number of aryl methyl sites for hydroxylation is 1. The number of rotatable bonds is 8. The van der Waals surface area contributed by atoms with Gasteiger partial charge in [0.2, 0.25) is 0 Å². The molecule has 3 aromatic carbocycles. The zero-order valence-electron chi connectivity index (χ0n) is 18.8. The van der Waals surface area contributed by atoms with E-state index in [0.717, 1.165) is 11.1 Å². The molecule has 0 unspecified atom stereocenters. The number of hydrogen-bond donors (Lipinski definition) is 1. The fraction of sp³-hybridized carbons (Fsp3) is 0.185. The van der Waals surface area contributed by atoms with Gasteiger partial charge in [0.1, 0.15) is 18.2 Å². The third kappa shape index (κ3) is 6.38. The quantitative estimate of drug-likeness (QED) is 0.329. The maximum atomic E-state index is 12.7. The second-order valence-electron chi connectivity index (χ2n) is 7.58. The van der Waals surface area contributed by atoms with Gasteiger partial charge in [-0.25, -0.2) is 0 Å². The molecular weight excluding hydrogens is 436 g/mol. The number of benzene rings is 3. The zero-order chi connectivity index (χ0) is 23.8. The molecule has 3 rings (SSSR count). The zero-order valence-corrected chi connectivity index (χ0v) is 19.5. The third-order valence-corrected chi connectivity index (χ3v) is 5.36. The van der Waals surface area contributed by atoms with Crippen molar-refractivity contribution in [3.8, 4) is 17.6 Å². The molecule has 33 heavy (non-hydrogen) atoms. The van der Waals surface area contributed by atoms with Gasteiger partial charge in [-0.3, -0.25) is 4.79 Å². The van der Waals surface area contributed by atoms with E-state index in [-0.39, 0.29) is 11.6 Å². The van der Waals surface area contributed by atoms with Gasteiger partial charge >= 0.3 is 0 Å². The van der Waals surface area contributed by atoms with E-state index in [0.29, 0.717) is 28.7 Å². The van der Waals surface area contributed by atoms with Crippen molar-refractivity contribution in [1.29, 1.82) is 5.26 Å². The van der Waals surface area contributed by atoms with Gasteiger partial charge in [-0.15, -0.1) is 0 Å². The molecule has 0 fully saturated rings. The number of methoxy groups -OCH3 is 1. The summed E-state index contributed by atoms with van der Waals surface area (Å²) in [5, 5.41) is 12.7. The van der Waals surface area contributed by atoms with E-state index >= 15 is 0 Å². The first-order chi connectivity index (χ1) is 15.9. The van der Waals surface area contributed by atoms with Gasteiger partial charge in [0, 0.05) is 0 Å². The van der Waals surface area contributed by atoms with Gasteiger partial charge in [0.05, 0.1) is 18.2 Å². The molecule has 3 aromatic rings. The smallest absolute Gasteiger partial charge is 0.262 e. The van der Waals surface area contributed by atoms with Crippen molar-refractivity contribution >= 4 is 23.6 Å². The van der Waals surface area contributed by atoms with Crippen LogP contribution in [0.4, 0.5) is 0 Å². The van der Waals surface area contributed by atoms with E-state index in [1.165, 1.54) is 18.7 Å². The van der Waals surface area contributed by atoms with Crippen LogP contribution >= 0.6 is 11.6 Å². The van der Waals surface area contributed by atoms with Crippen LogP contribution in [-0.4, -0.2) is 13.0 Å². The van der Waals surface area contributed by atoms with Gasteiger partial charge < -0.3 is 14.8 Å². The molecule has 0 aliphatic rings. The number of nitrogens with one attached hydrogen (secondary N) is 1. The highest BCUT2D eigenvalue weighted by Gasteiger charge is 2.16. The Morgan fingerprint density at radius 3 is 2.48 bits per heavy atom. The summed E-state index contributed by atoms with van der Waals surface area (Å²) in [5.74, 6) is 0.345. The van der Waals surface area contributed by atoms with Crippen LogP contribution < -0.4 is 14.8 Å². The number of hydrogen-bond acceptors (Lipinski definition) is 4. The molecule has 168 valence electrons. The van der Waals surface area contributed by atoms with E-state index in [9.17, 15) is 10.1 Å². The van der Waals surface area contributed by atoms with Crippen LogP contribution in [0.25, 0.3) is 6.08 Å². The molecule has 0 saturated carbocycles. The van der Waals surface area contributed by atoms with E-state index in [1.807, 2.05) is 74.5 Å². The summed E-state index contributed by atoms with van der Waals surface area (Å²) in [5.41, 5.74) is 3.63. The maximum absolute atomic E-state index is 12.7. The van der Waals surface area contributed by atoms with Crippen molar-refractivity contribution in [2.45, 2.75) is 26.5 Å². The highest BCUT2D eigenvalue weighted by atomic mass is 35.5. The molecule has 5 nitrogen and oxygen atoms in total. The van der Waals surface area contributed by atoms with E-state index in [4.69, 9.17) is 21.1 Å². The van der Waals surface area contributed by atoms with Gasteiger partial charge in [0.15, 0.2) is 11.5 Å². The largest absolute Gasteiger partial charge is 0.493 e. The Balaban J connectivity index is 1.78. The summed E-state index contributed by atoms with van der Waals surface area (Å²) >= 11 is 6.46. The van der Waals surface area contributed by atoms with Crippen molar-refractivity contribution in [3.63, 3.8) is 0 Å². The Labute approximate surface area is 199 Å². The Morgan fingerprint density at radius 1 is 1.15 bits per heavy atom. The summed E-state index contributed by atoms with van der Waals surface area (Å²) < 4.78 is 11.3. The number of ether oxygens (including phenoxy) is 2. The summed E-state index contributed by atoms with van der Waals surface area (Å²) in [6.07, 6.45) is 1.48. The van der Waals surface area contributed by atoms with Crippen LogP contribution in [0.15, 0.2) is 72.3 Å².